The molecule has 112 heavy (non-hydrogen) atoms. The summed E-state index contributed by atoms with van der Waals surface area (Å²) in [5, 5.41) is 3.73. The van der Waals surface area contributed by atoms with Crippen LogP contribution in [0.1, 0.15) is 0 Å². The molecule has 7 aromatic heterocycles. The fraction of sp³-hybridized carbons (Fsp3) is 0. The van der Waals surface area contributed by atoms with Crippen LogP contribution >= 0.6 is 0 Å². The summed E-state index contributed by atoms with van der Waals surface area (Å²) in [5.41, 5.74) is 18.0. The lowest BCUT2D eigenvalue weighted by Gasteiger charge is -2.20. The van der Waals surface area contributed by atoms with Crippen molar-refractivity contribution in [1.29, 1.82) is 0 Å². The van der Waals surface area contributed by atoms with Crippen LogP contribution in [-0.4, -0.2) is 68.9 Å². The highest BCUT2D eigenvalue weighted by molar-refractivity contribution is 6.14. The van der Waals surface area contributed by atoms with Crippen LogP contribution in [0.2, 0.25) is 0 Å². The van der Waals surface area contributed by atoms with Crippen molar-refractivity contribution in [3.63, 3.8) is 0 Å². The highest BCUT2D eigenvalue weighted by Gasteiger charge is 2.27. The Balaban J connectivity index is 0.909. The van der Waals surface area contributed by atoms with Gasteiger partial charge in [0.2, 0.25) is 0 Å². The minimum absolute atomic E-state index is 0.404. The smallest absolute Gasteiger partial charge is 0.197 e. The van der Waals surface area contributed by atoms with E-state index >= 15 is 0 Å². The average molecular weight is 1430 g/mol. The molecule has 15 heteroatoms. The van der Waals surface area contributed by atoms with Crippen molar-refractivity contribution in [3.8, 4) is 159 Å². The van der Waals surface area contributed by atoms with Gasteiger partial charge in [-0.15, -0.1) is 0 Å². The predicted octanol–water partition coefficient (Wildman–Crippen LogP) is 22.8. The molecule has 0 atom stereocenters. The summed E-state index contributed by atoms with van der Waals surface area (Å²) in [6, 6.07) is 116. The molecule has 20 aromatic rings. The largest absolute Gasteiger partial charge is 0.308 e. The molecule has 15 nitrogen and oxygen atoms in total. The minimum atomic E-state index is 0.404. The maximum atomic E-state index is 9.33. The van der Waals surface area contributed by atoms with Gasteiger partial charge in [0, 0.05) is 101 Å². The molecular weight excluding hydrogens is 1380 g/mol. The molecule has 522 valence electrons. The molecule has 0 aliphatic rings. The van der Waals surface area contributed by atoms with Crippen molar-refractivity contribution < 1.29 is 0 Å². The quantitative estimate of drug-likeness (QED) is 0.0892. The van der Waals surface area contributed by atoms with E-state index in [0.29, 0.717) is 80.9 Å². The minimum Gasteiger partial charge on any atom is -0.308 e. The van der Waals surface area contributed by atoms with Crippen molar-refractivity contribution in [2.75, 3.05) is 0 Å². The Morgan fingerprint density at radius 1 is 0.205 bits per heavy atom. The van der Waals surface area contributed by atoms with Crippen LogP contribution in [0.15, 0.2) is 358 Å². The standard InChI is InChI=1S/C97H59N15/c1-98-81-60-87(112-82-54-70(80-59-79(62-26-10-2-11-27-62)100-88(101-80)63-28-12-3-13-29-63)42-46-74(82)75-47-43-73(57-85(75)112)97-109-93(68-38-22-8-23-39-68)104-94(110-97)69-40-24-9-25-41-69)86(58-78(81)61-50-52-99-53-51-61)111-83-55-71(95-105-89(64-30-14-4-15-31-64)102-90(106-95)65-32-16-5-17-33-65)44-48-76(83)77-49-45-72(56-84(77)111)96-107-91(66-34-18-6-19-35-66)103-92(108-96)67-36-20-7-21-37-67/h2-60H. The van der Waals surface area contributed by atoms with Gasteiger partial charge in [0.25, 0.3) is 0 Å². The van der Waals surface area contributed by atoms with Gasteiger partial charge in [0.05, 0.1) is 51.4 Å². The maximum absolute atomic E-state index is 9.33. The fourth-order valence-corrected chi connectivity index (χ4v) is 14.8. The van der Waals surface area contributed by atoms with Crippen LogP contribution in [0, 0.1) is 6.57 Å². The Morgan fingerprint density at radius 2 is 0.455 bits per heavy atom. The van der Waals surface area contributed by atoms with E-state index in [1.165, 1.54) is 0 Å². The first-order valence-corrected chi connectivity index (χ1v) is 36.7. The molecule has 0 saturated carbocycles. The SMILES string of the molecule is [C-]#[N+]c1cc(-n2c3cc(-c4cc(-c5ccccc5)nc(-c5ccccc5)n4)ccc3c3ccc(-c4nc(-c5ccccc5)nc(-c5ccccc5)n4)cc32)c(-n2c3cc(-c4nc(-c5ccccc5)nc(-c5ccccc5)n4)ccc3c3ccc(-c4nc(-c5ccccc5)nc(-c5ccccc5)n4)cc32)cc1-c1ccncc1. The molecule has 0 saturated heterocycles. The first-order chi connectivity index (χ1) is 55.4. The molecule has 13 aromatic carbocycles. The Hall–Kier alpha value is -15.8. The van der Waals surface area contributed by atoms with Crippen LogP contribution in [0.4, 0.5) is 5.69 Å². The van der Waals surface area contributed by atoms with Gasteiger partial charge in [-0.2, -0.15) is 0 Å². The first-order valence-electron chi connectivity index (χ1n) is 36.7. The molecule has 0 aliphatic carbocycles. The number of hydrogen-bond donors (Lipinski definition) is 0. The number of fused-ring (bicyclic) bond motifs is 6. The first kappa shape index (κ1) is 65.7. The third-order valence-electron chi connectivity index (χ3n) is 20.2. The third-order valence-corrected chi connectivity index (χ3v) is 20.2. The summed E-state index contributed by atoms with van der Waals surface area (Å²) in [7, 11) is 0. The van der Waals surface area contributed by atoms with Crippen molar-refractivity contribution in [2.24, 2.45) is 0 Å². The molecule has 0 fully saturated rings. The Bertz CT molecular complexity index is 6430. The average Bonchev–Trinajstić information content (AvgIpc) is 1.55. The molecule has 0 amide bonds. The van der Waals surface area contributed by atoms with Crippen LogP contribution < -0.4 is 0 Å². The number of rotatable bonds is 15. The van der Waals surface area contributed by atoms with Gasteiger partial charge >= 0.3 is 0 Å². The molecule has 0 N–H and O–H groups in total. The molecule has 0 bridgehead atoms. The summed E-state index contributed by atoms with van der Waals surface area (Å²) in [5.74, 6) is 5.17. The molecule has 0 radical (unpaired) electrons. The Kier molecular flexibility index (Phi) is 16.5. The van der Waals surface area contributed by atoms with Crippen molar-refractivity contribution >= 4 is 49.3 Å². The second-order valence-corrected chi connectivity index (χ2v) is 27.1. The van der Waals surface area contributed by atoms with Gasteiger partial charge in [-0.3, -0.25) is 4.98 Å². The summed E-state index contributed by atoms with van der Waals surface area (Å²) in [6.07, 6.45) is 3.53. The molecule has 7 heterocycles. The van der Waals surface area contributed by atoms with Gasteiger partial charge in [-0.05, 0) is 65.7 Å². The number of benzene rings is 13. The second kappa shape index (κ2) is 28.2. The van der Waals surface area contributed by atoms with Crippen molar-refractivity contribution in [1.82, 2.24) is 68.9 Å². The van der Waals surface area contributed by atoms with Gasteiger partial charge < -0.3 is 9.13 Å². The Morgan fingerprint density at radius 3 is 0.759 bits per heavy atom. The van der Waals surface area contributed by atoms with Gasteiger partial charge in [-0.25, -0.2) is 59.7 Å². The zero-order valence-electron chi connectivity index (χ0n) is 59.8. The zero-order chi connectivity index (χ0) is 74.4. The summed E-state index contributed by atoms with van der Waals surface area (Å²) in [6.45, 7) is 9.33. The van der Waals surface area contributed by atoms with Crippen molar-refractivity contribution in [2.45, 2.75) is 0 Å². The highest BCUT2D eigenvalue weighted by Crippen LogP contribution is 2.46. The van der Waals surface area contributed by atoms with Gasteiger partial charge in [0.1, 0.15) is 0 Å². The van der Waals surface area contributed by atoms with Gasteiger partial charge in [-0.1, -0.05) is 291 Å². The normalized spacial score (nSPS) is 11.4. The van der Waals surface area contributed by atoms with E-state index in [1.807, 2.05) is 249 Å². The summed E-state index contributed by atoms with van der Waals surface area (Å²) >= 11 is 0. The van der Waals surface area contributed by atoms with Crippen LogP contribution in [-0.2, 0) is 0 Å². The van der Waals surface area contributed by atoms with Crippen molar-refractivity contribution in [3.05, 3.63) is 370 Å². The molecule has 0 aliphatic heterocycles. The lowest BCUT2D eigenvalue weighted by atomic mass is 10.0. The fourth-order valence-electron chi connectivity index (χ4n) is 14.8. The lowest BCUT2D eigenvalue weighted by Crippen LogP contribution is -2.05. The molecular formula is C97H59N15. The number of aromatic nitrogens is 14. The van der Waals surface area contributed by atoms with Crippen LogP contribution in [0.3, 0.4) is 0 Å². The van der Waals surface area contributed by atoms with E-state index in [0.717, 1.165) is 127 Å². The van der Waals surface area contributed by atoms with Gasteiger partial charge in [0.15, 0.2) is 63.9 Å². The molecule has 0 unspecified atom stereocenters. The van der Waals surface area contributed by atoms with E-state index in [9.17, 15) is 6.57 Å². The van der Waals surface area contributed by atoms with E-state index in [-0.39, 0.29) is 0 Å². The van der Waals surface area contributed by atoms with Crippen LogP contribution in [0.5, 0.6) is 0 Å². The number of pyridine rings is 1. The summed E-state index contributed by atoms with van der Waals surface area (Å²) < 4.78 is 4.62. The summed E-state index contributed by atoms with van der Waals surface area (Å²) in [4.78, 5) is 66.9. The maximum Gasteiger partial charge on any atom is 0.197 e. The topological polar surface area (TPSA) is 169 Å². The molecule has 0 spiro atoms. The number of hydrogen-bond acceptors (Lipinski definition) is 12. The van der Waals surface area contributed by atoms with E-state index in [1.54, 1.807) is 12.4 Å². The highest BCUT2D eigenvalue weighted by atomic mass is 15.1. The van der Waals surface area contributed by atoms with E-state index < -0.39 is 0 Å². The van der Waals surface area contributed by atoms with E-state index in [2.05, 4.69) is 116 Å². The Labute approximate surface area is 642 Å². The molecule has 20 rings (SSSR count). The monoisotopic (exact) mass is 1430 g/mol. The van der Waals surface area contributed by atoms with E-state index in [4.69, 9.17) is 54.8 Å². The number of nitrogens with zero attached hydrogens (tertiary/aromatic N) is 15. The second-order valence-electron chi connectivity index (χ2n) is 27.1. The van der Waals surface area contributed by atoms with Crippen LogP contribution in [0.25, 0.3) is 207 Å². The lowest BCUT2D eigenvalue weighted by molar-refractivity contribution is 1.07. The third kappa shape index (κ3) is 12.3. The predicted molar refractivity (Wildman–Crippen MR) is 446 cm³/mol. The zero-order valence-corrected chi connectivity index (χ0v) is 59.8.